The zero-order chi connectivity index (χ0) is 22.4. The van der Waals surface area contributed by atoms with Crippen LogP contribution in [0.25, 0.3) is 0 Å². The van der Waals surface area contributed by atoms with Crippen molar-refractivity contribution in [3.8, 4) is 0 Å². The smallest absolute Gasteiger partial charge is 0.345 e. The second-order valence-electron chi connectivity index (χ2n) is 9.04. The van der Waals surface area contributed by atoms with Gasteiger partial charge in [0.15, 0.2) is 6.16 Å². The number of esters is 1. The Balaban J connectivity index is 1.80. The molecule has 32 heavy (non-hydrogen) atoms. The van der Waals surface area contributed by atoms with Gasteiger partial charge in [0.25, 0.3) is 0 Å². The first kappa shape index (κ1) is 22.7. The molecule has 3 aromatic rings. The van der Waals surface area contributed by atoms with E-state index in [4.69, 9.17) is 4.74 Å². The van der Waals surface area contributed by atoms with Crippen LogP contribution < -0.4 is 15.9 Å². The van der Waals surface area contributed by atoms with Gasteiger partial charge in [-0.25, -0.2) is 4.79 Å². The molecule has 0 N–H and O–H groups in total. The number of likely N-dealkylation sites (tertiary alicyclic amines) is 1. The van der Waals surface area contributed by atoms with Gasteiger partial charge in [-0.2, -0.15) is 0 Å². The molecule has 0 amide bonds. The molecule has 1 aliphatic rings. The summed E-state index contributed by atoms with van der Waals surface area (Å²) in [4.78, 5) is 12.9. The van der Waals surface area contributed by atoms with E-state index >= 15 is 0 Å². The molecule has 0 saturated carbocycles. The molecule has 0 bridgehead atoms. The van der Waals surface area contributed by atoms with Crippen molar-refractivity contribution in [1.82, 2.24) is 0 Å². The highest BCUT2D eigenvalue weighted by molar-refractivity contribution is 7.96. The molecule has 0 spiro atoms. The van der Waals surface area contributed by atoms with Gasteiger partial charge in [-0.15, -0.1) is 0 Å². The lowest BCUT2D eigenvalue weighted by Crippen LogP contribution is -2.40. The molecular formula is C28H34NO2P+2. The summed E-state index contributed by atoms with van der Waals surface area (Å²) in [6.07, 6.45) is 3.03. The van der Waals surface area contributed by atoms with Crippen molar-refractivity contribution in [2.45, 2.75) is 26.3 Å². The van der Waals surface area contributed by atoms with Crippen LogP contribution in [0.1, 0.15) is 25.3 Å². The topological polar surface area (TPSA) is 26.3 Å². The number of rotatable bonds is 8. The van der Waals surface area contributed by atoms with E-state index in [2.05, 4.69) is 79.8 Å². The second kappa shape index (κ2) is 9.98. The van der Waals surface area contributed by atoms with E-state index in [0.29, 0.717) is 12.8 Å². The normalized spacial score (nSPS) is 15.4. The maximum absolute atomic E-state index is 12.9. The third kappa shape index (κ3) is 4.80. The van der Waals surface area contributed by atoms with E-state index in [1.165, 1.54) is 47.4 Å². The van der Waals surface area contributed by atoms with Crippen LogP contribution >= 0.6 is 7.26 Å². The van der Waals surface area contributed by atoms with Crippen LogP contribution in [-0.2, 0) is 16.1 Å². The summed E-state index contributed by atoms with van der Waals surface area (Å²) >= 11 is 0. The first-order chi connectivity index (χ1) is 15.6. The van der Waals surface area contributed by atoms with E-state index < -0.39 is 7.26 Å². The zero-order valence-corrected chi connectivity index (χ0v) is 20.1. The molecule has 0 unspecified atom stereocenters. The number of quaternary nitrogens is 1. The number of benzene rings is 3. The average molecular weight is 448 g/mol. The number of carbonyl (C=O) groups is 1. The SMILES string of the molecule is CCOC(=O)C[P+](c1ccccc1)(c1ccccc1)c1ccc(C[N+]2(C)CCCC2)cc1. The van der Waals surface area contributed by atoms with Crippen LogP contribution in [0, 0.1) is 0 Å². The lowest BCUT2D eigenvalue weighted by Gasteiger charge is -2.30. The Morgan fingerprint density at radius 2 is 1.31 bits per heavy atom. The number of nitrogens with zero attached hydrogens (tertiary/aromatic N) is 1. The number of ether oxygens (including phenoxy) is 1. The summed E-state index contributed by atoms with van der Waals surface area (Å²) in [5.74, 6) is -0.132. The van der Waals surface area contributed by atoms with Crippen molar-refractivity contribution in [3.05, 3.63) is 90.5 Å². The van der Waals surface area contributed by atoms with Crippen LogP contribution in [0.3, 0.4) is 0 Å². The molecule has 1 saturated heterocycles. The van der Waals surface area contributed by atoms with E-state index in [-0.39, 0.29) is 5.97 Å². The minimum absolute atomic E-state index is 0.132. The fourth-order valence-electron chi connectivity index (χ4n) is 5.04. The first-order valence-electron chi connectivity index (χ1n) is 11.6. The van der Waals surface area contributed by atoms with Crippen molar-refractivity contribution in [2.75, 3.05) is 32.9 Å². The van der Waals surface area contributed by atoms with Crippen molar-refractivity contribution in [3.63, 3.8) is 0 Å². The summed E-state index contributed by atoms with van der Waals surface area (Å²) in [6, 6.07) is 30.2. The Morgan fingerprint density at radius 3 is 1.81 bits per heavy atom. The van der Waals surface area contributed by atoms with Crippen LogP contribution in [0.5, 0.6) is 0 Å². The van der Waals surface area contributed by atoms with Gasteiger partial charge in [-0.3, -0.25) is 0 Å². The summed E-state index contributed by atoms with van der Waals surface area (Å²) in [5.41, 5.74) is 1.37. The molecular weight excluding hydrogens is 413 g/mol. The van der Waals surface area contributed by atoms with Gasteiger partial charge in [0, 0.05) is 18.4 Å². The van der Waals surface area contributed by atoms with Crippen LogP contribution in [0.15, 0.2) is 84.9 Å². The lowest BCUT2D eigenvalue weighted by molar-refractivity contribution is -0.910. The standard InChI is InChI=1S/C28H34NO2P/c1-3-31-28(30)23-32(25-12-6-4-7-13-25,26-14-8-5-9-15-26)27-18-16-24(17-19-27)22-29(2)20-10-11-21-29/h4-9,12-19H,3,10-11,20-23H2,1-2H3/q+2. The van der Waals surface area contributed by atoms with E-state index in [1.807, 2.05) is 19.1 Å². The summed E-state index contributed by atoms with van der Waals surface area (Å²) in [7, 11) is 0.177. The fourth-order valence-corrected chi connectivity index (χ4v) is 8.98. The number of hydrogen-bond acceptors (Lipinski definition) is 2. The molecule has 166 valence electrons. The van der Waals surface area contributed by atoms with Gasteiger partial charge in [-0.1, -0.05) is 36.4 Å². The van der Waals surface area contributed by atoms with E-state index in [0.717, 1.165) is 11.0 Å². The third-order valence-corrected chi connectivity index (χ3v) is 10.9. The highest BCUT2D eigenvalue weighted by Gasteiger charge is 2.48. The predicted octanol–water partition coefficient (Wildman–Crippen LogP) is 4.28. The number of carbonyl (C=O) groups excluding carboxylic acids is 1. The quantitative estimate of drug-likeness (QED) is 0.293. The molecule has 0 atom stereocenters. The molecule has 4 rings (SSSR count). The maximum Gasteiger partial charge on any atom is 0.345 e. The Bertz CT molecular complexity index is 973. The molecule has 0 aliphatic carbocycles. The lowest BCUT2D eigenvalue weighted by atomic mass is 10.2. The van der Waals surface area contributed by atoms with Gasteiger partial charge in [-0.05, 0) is 55.5 Å². The zero-order valence-electron chi connectivity index (χ0n) is 19.2. The maximum atomic E-state index is 12.9. The molecule has 3 nitrogen and oxygen atoms in total. The minimum atomic E-state index is -2.19. The van der Waals surface area contributed by atoms with Crippen LogP contribution in [0.2, 0.25) is 0 Å². The summed E-state index contributed by atoms with van der Waals surface area (Å²) in [6.45, 7) is 5.86. The molecule has 1 fully saturated rings. The van der Waals surface area contributed by atoms with E-state index in [9.17, 15) is 4.79 Å². The Hall–Kier alpha value is -2.48. The van der Waals surface area contributed by atoms with Gasteiger partial charge >= 0.3 is 5.97 Å². The van der Waals surface area contributed by atoms with Gasteiger partial charge in [0.2, 0.25) is 0 Å². The summed E-state index contributed by atoms with van der Waals surface area (Å²) < 4.78 is 6.60. The van der Waals surface area contributed by atoms with E-state index in [1.54, 1.807) is 0 Å². The first-order valence-corrected chi connectivity index (χ1v) is 13.6. The fraction of sp³-hybridized carbons (Fsp3) is 0.321. The molecule has 1 aliphatic heterocycles. The monoisotopic (exact) mass is 447 g/mol. The van der Waals surface area contributed by atoms with Crippen molar-refractivity contribution >= 4 is 29.1 Å². The van der Waals surface area contributed by atoms with Crippen LogP contribution in [0.4, 0.5) is 0 Å². The molecule has 0 radical (unpaired) electrons. The molecule has 1 heterocycles. The van der Waals surface area contributed by atoms with Crippen molar-refractivity contribution in [2.24, 2.45) is 0 Å². The van der Waals surface area contributed by atoms with Crippen molar-refractivity contribution in [1.29, 1.82) is 0 Å². The predicted molar refractivity (Wildman–Crippen MR) is 136 cm³/mol. The Kier molecular flexibility index (Phi) is 7.08. The van der Waals surface area contributed by atoms with Crippen LogP contribution in [-0.4, -0.2) is 43.4 Å². The third-order valence-electron chi connectivity index (χ3n) is 6.65. The number of hydrogen-bond donors (Lipinski definition) is 0. The average Bonchev–Trinajstić information content (AvgIpc) is 3.25. The van der Waals surface area contributed by atoms with Gasteiger partial charge < -0.3 is 9.22 Å². The summed E-state index contributed by atoms with van der Waals surface area (Å²) in [5, 5.41) is 3.66. The largest absolute Gasteiger partial charge is 0.463 e. The van der Waals surface area contributed by atoms with Crippen molar-refractivity contribution < 1.29 is 14.0 Å². The molecule has 3 aromatic carbocycles. The second-order valence-corrected chi connectivity index (χ2v) is 12.5. The Labute approximate surface area is 193 Å². The highest BCUT2D eigenvalue weighted by Crippen LogP contribution is 2.55. The van der Waals surface area contributed by atoms with Gasteiger partial charge in [0.05, 0.1) is 26.7 Å². The molecule has 4 heteroatoms. The highest BCUT2D eigenvalue weighted by atomic mass is 31.2. The van der Waals surface area contributed by atoms with Gasteiger partial charge in [0.1, 0.15) is 29.7 Å². The Morgan fingerprint density at radius 1 is 0.812 bits per heavy atom. The minimum Gasteiger partial charge on any atom is -0.463 e. The molecule has 0 aromatic heterocycles.